The molecule has 4 heteroatoms. The number of halogens is 2. The maximum Gasteiger partial charge on any atom is 0.293 e. The lowest BCUT2D eigenvalue weighted by Gasteiger charge is -1.93. The first-order chi connectivity index (χ1) is 3.67. The first-order valence-electron chi connectivity index (χ1n) is 2.14. The van der Waals surface area contributed by atoms with Gasteiger partial charge in [-0.1, -0.05) is 23.2 Å². The summed E-state index contributed by atoms with van der Waals surface area (Å²) in [7, 11) is 0. The highest BCUT2D eigenvalue weighted by molar-refractivity contribution is 6.51. The largest absolute Gasteiger partial charge is 0.461 e. The lowest BCUT2D eigenvalue weighted by Crippen LogP contribution is -1.99. The van der Waals surface area contributed by atoms with Gasteiger partial charge >= 0.3 is 0 Å². The second-order valence-corrected chi connectivity index (χ2v) is 3.23. The Hall–Kier alpha value is 0.0500. The van der Waals surface area contributed by atoms with Crippen LogP contribution < -0.4 is 0 Å². The first kappa shape index (κ1) is 6.17. The molecule has 1 atom stereocenters. The normalized spacial score (nSPS) is 31.5. The summed E-state index contributed by atoms with van der Waals surface area (Å²) >= 11 is 10.9. The first-order valence-corrected chi connectivity index (χ1v) is 2.89. The average molecular weight is 155 g/mol. The molecule has 1 unspecified atom stereocenters. The maximum absolute atomic E-state index is 9.60. The van der Waals surface area contributed by atoms with Crippen LogP contribution in [-0.2, 0) is 9.53 Å². The van der Waals surface area contributed by atoms with Crippen molar-refractivity contribution in [3.05, 3.63) is 0 Å². The molecular formula is C4H4Cl2O2. The van der Waals surface area contributed by atoms with Crippen molar-refractivity contribution in [2.75, 3.05) is 0 Å². The zero-order chi connectivity index (χ0) is 6.20. The van der Waals surface area contributed by atoms with Gasteiger partial charge in [-0.25, -0.2) is 0 Å². The molecule has 0 spiro atoms. The van der Waals surface area contributed by atoms with Crippen LogP contribution in [0.25, 0.3) is 0 Å². The molecule has 0 aromatic carbocycles. The molecule has 0 saturated heterocycles. The lowest BCUT2D eigenvalue weighted by molar-refractivity contribution is -0.129. The van der Waals surface area contributed by atoms with Crippen molar-refractivity contribution in [2.45, 2.75) is 16.9 Å². The zero-order valence-electron chi connectivity index (χ0n) is 3.93. The van der Waals surface area contributed by atoms with Crippen LogP contribution >= 0.6 is 23.2 Å². The highest BCUT2D eigenvalue weighted by Gasteiger charge is 2.54. The molecule has 0 N–H and O–H groups in total. The predicted molar refractivity (Wildman–Crippen MR) is 30.0 cm³/mol. The second kappa shape index (κ2) is 1.78. The van der Waals surface area contributed by atoms with Gasteiger partial charge in [0, 0.05) is 6.42 Å². The van der Waals surface area contributed by atoms with Crippen LogP contribution in [0.15, 0.2) is 0 Å². The Balaban J connectivity index is 2.26. The summed E-state index contributed by atoms with van der Waals surface area (Å²) in [6.45, 7) is 0.358. The van der Waals surface area contributed by atoms with E-state index in [4.69, 9.17) is 23.2 Å². The Kier molecular flexibility index (Phi) is 1.37. The van der Waals surface area contributed by atoms with E-state index in [0.717, 1.165) is 0 Å². The molecule has 0 radical (unpaired) electrons. The molecule has 1 aliphatic rings. The van der Waals surface area contributed by atoms with E-state index < -0.39 is 4.33 Å². The Labute approximate surface area is 56.7 Å². The van der Waals surface area contributed by atoms with Crippen molar-refractivity contribution in [1.29, 1.82) is 0 Å². The topological polar surface area (TPSA) is 26.3 Å². The van der Waals surface area contributed by atoms with Crippen LogP contribution in [0, 0.1) is 0 Å². The number of hydrogen-bond acceptors (Lipinski definition) is 2. The molecule has 0 heterocycles. The molecule has 0 bridgehead atoms. The smallest absolute Gasteiger partial charge is 0.293 e. The van der Waals surface area contributed by atoms with Gasteiger partial charge in [-0.3, -0.25) is 4.79 Å². The molecule has 0 amide bonds. The van der Waals surface area contributed by atoms with Crippen LogP contribution in [0.5, 0.6) is 0 Å². The standard InChI is InChI=1S/C4H4Cl2O2/c5-4(6)1-3(4)8-2-7/h2-3H,1H2. The van der Waals surface area contributed by atoms with E-state index in [0.29, 0.717) is 12.9 Å². The monoisotopic (exact) mass is 154 g/mol. The van der Waals surface area contributed by atoms with Gasteiger partial charge in [-0.05, 0) is 0 Å². The van der Waals surface area contributed by atoms with Crippen molar-refractivity contribution in [3.8, 4) is 0 Å². The van der Waals surface area contributed by atoms with Crippen molar-refractivity contribution in [1.82, 2.24) is 0 Å². The minimum Gasteiger partial charge on any atom is -0.461 e. The minimum atomic E-state index is -0.791. The maximum atomic E-state index is 9.60. The predicted octanol–water partition coefficient (Wildman–Crippen LogP) is 1.11. The van der Waals surface area contributed by atoms with Crippen LogP contribution in [-0.4, -0.2) is 16.9 Å². The Morgan fingerprint density at radius 3 is 2.38 bits per heavy atom. The van der Waals surface area contributed by atoms with E-state index in [1.165, 1.54) is 0 Å². The number of rotatable bonds is 2. The number of carbonyl (C=O) groups excluding carboxylic acids is 1. The summed E-state index contributed by atoms with van der Waals surface area (Å²) in [4.78, 5) is 9.60. The molecular weight excluding hydrogens is 151 g/mol. The summed E-state index contributed by atoms with van der Waals surface area (Å²) in [5.41, 5.74) is 0. The number of carbonyl (C=O) groups is 1. The number of hydrogen-bond donors (Lipinski definition) is 0. The van der Waals surface area contributed by atoms with Crippen LogP contribution in [0.2, 0.25) is 0 Å². The highest BCUT2D eigenvalue weighted by atomic mass is 35.5. The third kappa shape index (κ3) is 1.06. The highest BCUT2D eigenvalue weighted by Crippen LogP contribution is 2.48. The molecule has 1 fully saturated rings. The molecule has 0 aromatic heterocycles. The molecule has 1 rings (SSSR count). The van der Waals surface area contributed by atoms with Crippen LogP contribution in [0.3, 0.4) is 0 Å². The molecule has 0 aliphatic heterocycles. The van der Waals surface area contributed by atoms with Gasteiger partial charge in [0.15, 0.2) is 4.33 Å². The molecule has 1 aliphatic carbocycles. The fraction of sp³-hybridized carbons (Fsp3) is 0.750. The minimum absolute atomic E-state index is 0.275. The van der Waals surface area contributed by atoms with Crippen LogP contribution in [0.4, 0.5) is 0 Å². The van der Waals surface area contributed by atoms with Crippen molar-refractivity contribution >= 4 is 29.7 Å². The Bertz CT molecular complexity index is 113. The Morgan fingerprint density at radius 1 is 1.75 bits per heavy atom. The quantitative estimate of drug-likeness (QED) is 0.440. The van der Waals surface area contributed by atoms with E-state index in [1.54, 1.807) is 0 Å². The summed E-state index contributed by atoms with van der Waals surface area (Å²) in [5.74, 6) is 0. The van der Waals surface area contributed by atoms with E-state index >= 15 is 0 Å². The van der Waals surface area contributed by atoms with E-state index in [2.05, 4.69) is 4.74 Å². The summed E-state index contributed by atoms with van der Waals surface area (Å²) in [6, 6.07) is 0. The molecule has 0 aromatic rings. The zero-order valence-corrected chi connectivity index (χ0v) is 5.45. The summed E-state index contributed by atoms with van der Waals surface area (Å²) in [6.07, 6.45) is 0.276. The molecule has 8 heavy (non-hydrogen) atoms. The summed E-state index contributed by atoms with van der Waals surface area (Å²) in [5, 5.41) is 0. The fourth-order valence-corrected chi connectivity index (χ4v) is 0.786. The average Bonchev–Trinajstić information content (AvgIpc) is 2.15. The van der Waals surface area contributed by atoms with E-state index in [9.17, 15) is 4.79 Å². The van der Waals surface area contributed by atoms with Gasteiger partial charge in [0.25, 0.3) is 6.47 Å². The van der Waals surface area contributed by atoms with Gasteiger partial charge < -0.3 is 4.74 Å². The lowest BCUT2D eigenvalue weighted by atomic mass is 10.8. The van der Waals surface area contributed by atoms with Crippen LogP contribution in [0.1, 0.15) is 6.42 Å². The van der Waals surface area contributed by atoms with Gasteiger partial charge in [0.2, 0.25) is 0 Å². The van der Waals surface area contributed by atoms with E-state index in [-0.39, 0.29) is 6.10 Å². The number of ether oxygens (including phenoxy) is 1. The Morgan fingerprint density at radius 2 is 2.25 bits per heavy atom. The molecule has 2 nitrogen and oxygen atoms in total. The SMILES string of the molecule is O=COC1CC1(Cl)Cl. The fourth-order valence-electron chi connectivity index (χ4n) is 0.403. The van der Waals surface area contributed by atoms with E-state index in [1.807, 2.05) is 0 Å². The summed E-state index contributed by atoms with van der Waals surface area (Å²) < 4.78 is 3.63. The molecule has 46 valence electrons. The third-order valence-corrected chi connectivity index (χ3v) is 1.78. The van der Waals surface area contributed by atoms with Crippen molar-refractivity contribution in [2.24, 2.45) is 0 Å². The number of alkyl halides is 2. The van der Waals surface area contributed by atoms with Crippen molar-refractivity contribution in [3.63, 3.8) is 0 Å². The van der Waals surface area contributed by atoms with Gasteiger partial charge in [0.1, 0.15) is 6.10 Å². The van der Waals surface area contributed by atoms with Gasteiger partial charge in [-0.15, -0.1) is 0 Å². The van der Waals surface area contributed by atoms with Gasteiger partial charge in [0.05, 0.1) is 0 Å². The molecule has 1 saturated carbocycles. The van der Waals surface area contributed by atoms with Gasteiger partial charge in [-0.2, -0.15) is 0 Å². The second-order valence-electron chi connectivity index (χ2n) is 1.69. The van der Waals surface area contributed by atoms with Crippen molar-refractivity contribution < 1.29 is 9.53 Å². The third-order valence-electron chi connectivity index (χ3n) is 0.988.